The molecule has 1 aromatic carbocycles. The van der Waals surface area contributed by atoms with Crippen LogP contribution in [-0.2, 0) is 0 Å². The third-order valence-corrected chi connectivity index (χ3v) is 1.74. The first-order chi connectivity index (χ1) is 5.27. The molecule has 2 aromatic rings. The normalized spacial score (nSPS) is 10.5. The Kier molecular flexibility index (Phi) is 1.09. The van der Waals surface area contributed by atoms with E-state index >= 15 is 0 Å². The first kappa shape index (κ1) is 6.16. The van der Waals surface area contributed by atoms with Gasteiger partial charge in [-0.1, -0.05) is 18.7 Å². The molecule has 0 saturated carbocycles. The topological polar surface area (TPSA) is 32.9 Å². The van der Waals surface area contributed by atoms with Crippen molar-refractivity contribution in [1.82, 2.24) is 4.98 Å². The Labute approximate surface area is 63.2 Å². The molecule has 0 saturated heterocycles. The summed E-state index contributed by atoms with van der Waals surface area (Å²) in [6.07, 6.45) is 0. The maximum absolute atomic E-state index is 11.1. The second kappa shape index (κ2) is 1.95. The summed E-state index contributed by atoms with van der Waals surface area (Å²) in [5.74, 6) is 0. The van der Waals surface area contributed by atoms with E-state index < -0.39 is 0 Å². The molecule has 0 radical (unpaired) electrons. The lowest BCUT2D eigenvalue weighted by molar-refractivity contribution is 1.27. The minimum Gasteiger partial charge on any atom is -0.322 e. The Morgan fingerprint density at radius 1 is 1.36 bits per heavy atom. The number of pyridine rings is 1. The number of aromatic amines is 1. The van der Waals surface area contributed by atoms with E-state index in [1.165, 1.54) is 0 Å². The van der Waals surface area contributed by atoms with Gasteiger partial charge in [-0.3, -0.25) is 4.79 Å². The predicted molar refractivity (Wildman–Crippen MR) is 45.3 cm³/mol. The second-order valence-corrected chi connectivity index (χ2v) is 2.51. The minimum atomic E-state index is -0.0990. The van der Waals surface area contributed by atoms with Gasteiger partial charge in [0.15, 0.2) is 0 Å². The summed E-state index contributed by atoms with van der Waals surface area (Å²) < 4.78 is 0. The van der Waals surface area contributed by atoms with Gasteiger partial charge in [0, 0.05) is 10.7 Å². The summed E-state index contributed by atoms with van der Waals surface area (Å²) in [5, 5.41) is 1.45. The first-order valence-corrected chi connectivity index (χ1v) is 3.38. The van der Waals surface area contributed by atoms with Crippen LogP contribution in [0.4, 0.5) is 0 Å². The number of hydrogen-bond acceptors (Lipinski definition) is 1. The molecule has 0 fully saturated rings. The fourth-order valence-corrected chi connectivity index (χ4v) is 1.12. The van der Waals surface area contributed by atoms with Gasteiger partial charge in [-0.05, 0) is 17.5 Å². The Morgan fingerprint density at radius 2 is 2.18 bits per heavy atom. The Bertz CT molecular complexity index is 484. The van der Waals surface area contributed by atoms with Gasteiger partial charge >= 0.3 is 0 Å². The van der Waals surface area contributed by atoms with Crippen LogP contribution in [0.2, 0.25) is 0 Å². The van der Waals surface area contributed by atoms with E-state index in [1.54, 1.807) is 0 Å². The molecule has 0 aliphatic carbocycles. The molecule has 1 aromatic heterocycles. The molecule has 2 nitrogen and oxygen atoms in total. The smallest absolute Gasteiger partial charge is 0.255 e. The van der Waals surface area contributed by atoms with Crippen molar-refractivity contribution in [3.63, 3.8) is 0 Å². The lowest BCUT2D eigenvalue weighted by atomic mass is 10.2. The van der Waals surface area contributed by atoms with Crippen molar-refractivity contribution in [3.8, 4) is 0 Å². The average Bonchev–Trinajstić information content (AvgIpc) is 2.01. The summed E-state index contributed by atoms with van der Waals surface area (Å²) in [6, 6.07) is 7.54. The zero-order chi connectivity index (χ0) is 7.84. The summed E-state index contributed by atoms with van der Waals surface area (Å²) in [4.78, 5) is 13.8. The van der Waals surface area contributed by atoms with Gasteiger partial charge in [-0.25, -0.2) is 0 Å². The van der Waals surface area contributed by atoms with Crippen LogP contribution in [0.15, 0.2) is 29.1 Å². The lowest BCUT2D eigenvalue weighted by Gasteiger charge is -1.94. The van der Waals surface area contributed by atoms with Crippen LogP contribution in [-0.4, -0.2) is 4.98 Å². The summed E-state index contributed by atoms with van der Waals surface area (Å²) in [6.45, 7) is 3.66. The van der Waals surface area contributed by atoms with E-state index in [2.05, 4.69) is 11.6 Å². The molecule has 1 N–H and O–H groups in total. The van der Waals surface area contributed by atoms with E-state index in [4.69, 9.17) is 0 Å². The third-order valence-electron chi connectivity index (χ3n) is 1.74. The maximum atomic E-state index is 11.1. The van der Waals surface area contributed by atoms with Gasteiger partial charge in [0.1, 0.15) is 0 Å². The van der Waals surface area contributed by atoms with E-state index in [1.807, 2.05) is 24.3 Å². The zero-order valence-corrected chi connectivity index (χ0v) is 5.92. The van der Waals surface area contributed by atoms with Crippen LogP contribution in [0.5, 0.6) is 0 Å². The quantitative estimate of drug-likeness (QED) is 0.580. The van der Waals surface area contributed by atoms with E-state index in [0.717, 1.165) is 10.9 Å². The Balaban J connectivity index is 3.17. The van der Waals surface area contributed by atoms with Crippen molar-refractivity contribution in [1.29, 1.82) is 0 Å². The molecular formula is C9H7NO. The Hall–Kier alpha value is -1.57. The highest BCUT2D eigenvalue weighted by atomic mass is 16.1. The number of fused-ring (bicyclic) bond motifs is 2. The molecule has 0 atom stereocenters. The fraction of sp³-hybridized carbons (Fsp3) is 0. The largest absolute Gasteiger partial charge is 0.322 e. The van der Waals surface area contributed by atoms with Gasteiger partial charge in [0.2, 0.25) is 0 Å². The molecule has 54 valence electrons. The molecule has 0 aliphatic rings. The number of H-pyrrole nitrogens is 1. The van der Waals surface area contributed by atoms with Crippen molar-refractivity contribution in [2.24, 2.45) is 0 Å². The number of hydrogen-bond donors (Lipinski definition) is 1. The summed E-state index contributed by atoms with van der Waals surface area (Å²) >= 11 is 0. The van der Waals surface area contributed by atoms with E-state index in [0.29, 0.717) is 5.22 Å². The summed E-state index contributed by atoms with van der Waals surface area (Å²) in [7, 11) is 0. The number of rotatable bonds is 0. The first-order valence-electron chi connectivity index (χ1n) is 3.38. The standard InChI is InChI=1S/C9H7NO/c1-6-7-3-2-4-8(5-7)10-9(6)11/h2-5H,1H2,(H,10,11). The van der Waals surface area contributed by atoms with Crippen molar-refractivity contribution in [2.45, 2.75) is 0 Å². The van der Waals surface area contributed by atoms with Gasteiger partial charge in [0.05, 0.1) is 0 Å². The van der Waals surface area contributed by atoms with Gasteiger partial charge in [0.25, 0.3) is 5.56 Å². The van der Waals surface area contributed by atoms with E-state index in [9.17, 15) is 4.79 Å². The zero-order valence-electron chi connectivity index (χ0n) is 5.92. The summed E-state index contributed by atoms with van der Waals surface area (Å²) in [5.41, 5.74) is 0.748. The van der Waals surface area contributed by atoms with Gasteiger partial charge < -0.3 is 4.98 Å². The minimum absolute atomic E-state index is 0.0990. The second-order valence-electron chi connectivity index (χ2n) is 2.51. The molecule has 0 spiro atoms. The molecular weight excluding hydrogens is 138 g/mol. The van der Waals surface area contributed by atoms with Crippen LogP contribution >= 0.6 is 0 Å². The highest BCUT2D eigenvalue weighted by Crippen LogP contribution is 1.99. The van der Waals surface area contributed by atoms with E-state index in [-0.39, 0.29) is 5.56 Å². The third kappa shape index (κ3) is 0.835. The SMILES string of the molecule is C=c1c(=O)[nH]c2cccc1c2. The van der Waals surface area contributed by atoms with Crippen molar-refractivity contribution < 1.29 is 0 Å². The molecule has 1 heterocycles. The lowest BCUT2D eigenvalue weighted by Crippen LogP contribution is -2.25. The highest BCUT2D eigenvalue weighted by Gasteiger charge is 1.92. The molecule has 0 unspecified atom stereocenters. The van der Waals surface area contributed by atoms with Crippen molar-refractivity contribution >= 4 is 17.5 Å². The maximum Gasteiger partial charge on any atom is 0.255 e. The molecule has 2 heteroatoms. The highest BCUT2D eigenvalue weighted by molar-refractivity contribution is 5.65. The fourth-order valence-electron chi connectivity index (χ4n) is 1.12. The monoisotopic (exact) mass is 145 g/mol. The van der Waals surface area contributed by atoms with Crippen LogP contribution < -0.4 is 10.8 Å². The molecule has 2 bridgehead atoms. The molecule has 0 aliphatic heterocycles. The van der Waals surface area contributed by atoms with Crippen molar-refractivity contribution in [2.75, 3.05) is 0 Å². The van der Waals surface area contributed by atoms with Gasteiger partial charge in [-0.2, -0.15) is 0 Å². The molecule has 0 amide bonds. The average molecular weight is 145 g/mol. The predicted octanol–water partition coefficient (Wildman–Crippen LogP) is 0.657. The number of benzene rings is 1. The molecule has 11 heavy (non-hydrogen) atoms. The van der Waals surface area contributed by atoms with Gasteiger partial charge in [-0.15, -0.1) is 0 Å². The number of nitrogens with one attached hydrogen (secondary N) is 1. The van der Waals surface area contributed by atoms with Crippen molar-refractivity contribution in [3.05, 3.63) is 39.8 Å². The molecule has 2 rings (SSSR count). The van der Waals surface area contributed by atoms with Crippen LogP contribution in [0.25, 0.3) is 17.5 Å². The van der Waals surface area contributed by atoms with Crippen LogP contribution in [0.3, 0.4) is 0 Å². The Morgan fingerprint density at radius 3 is 3.00 bits per heavy atom. The number of aromatic nitrogens is 1. The van der Waals surface area contributed by atoms with Crippen LogP contribution in [0, 0.1) is 0 Å². The van der Waals surface area contributed by atoms with Crippen LogP contribution in [0.1, 0.15) is 0 Å².